The lowest BCUT2D eigenvalue weighted by Crippen LogP contribution is -2.24. The monoisotopic (exact) mass is 215 g/mol. The highest BCUT2D eigenvalue weighted by Crippen LogP contribution is 1.85. The third-order valence-electron chi connectivity index (χ3n) is 0.908. The van der Waals surface area contributed by atoms with Gasteiger partial charge in [0, 0.05) is 0 Å². The topological polar surface area (TPSA) is 84.9 Å². The van der Waals surface area contributed by atoms with E-state index in [1.807, 2.05) is 6.92 Å². The first-order valence-electron chi connectivity index (χ1n) is 3.67. The molecule has 7 heteroatoms. The zero-order valence-corrected chi connectivity index (χ0v) is 9.09. The molecule has 0 heterocycles. The molecule has 0 aliphatic heterocycles. The summed E-state index contributed by atoms with van der Waals surface area (Å²) in [4.78, 5) is 0. The molecule has 1 atom stereocenters. The third-order valence-corrected chi connectivity index (χ3v) is 1.72. The molecule has 0 aromatic rings. The van der Waals surface area contributed by atoms with Crippen LogP contribution in [0.5, 0.6) is 0 Å². The zero-order valence-electron chi connectivity index (χ0n) is 8.27. The number of aliphatic hydroxyl groups excluding tert-OH is 1. The van der Waals surface area contributed by atoms with E-state index < -0.39 is 10.4 Å². The molecule has 0 aliphatic carbocycles. The van der Waals surface area contributed by atoms with Crippen LogP contribution in [-0.4, -0.2) is 40.5 Å². The highest BCUT2D eigenvalue weighted by Gasteiger charge is 2.01. The first-order valence-corrected chi connectivity index (χ1v) is 5.00. The van der Waals surface area contributed by atoms with Gasteiger partial charge in [-0.1, -0.05) is 6.92 Å². The first kappa shape index (κ1) is 15.3. The van der Waals surface area contributed by atoms with Crippen molar-refractivity contribution in [2.24, 2.45) is 0 Å². The summed E-state index contributed by atoms with van der Waals surface area (Å²) in [5.41, 5.74) is 0. The molecular weight excluding hydrogens is 198 g/mol. The summed E-state index contributed by atoms with van der Waals surface area (Å²) in [5, 5.41) is 11.2. The molecule has 0 bridgehead atoms. The molecule has 82 valence electrons. The Labute approximate surface area is 79.2 Å². The Kier molecular flexibility index (Phi) is 9.86. The molecule has 2 N–H and O–H groups in total. The van der Waals surface area contributed by atoms with E-state index in [-0.39, 0.29) is 6.23 Å². The molecule has 6 nitrogen and oxygen atoms in total. The molecule has 0 aromatic carbocycles. The Morgan fingerprint density at radius 3 is 1.77 bits per heavy atom. The molecule has 0 spiro atoms. The van der Waals surface area contributed by atoms with Gasteiger partial charge in [-0.15, -0.1) is 0 Å². The minimum Gasteiger partial charge on any atom is -0.379 e. The molecule has 13 heavy (non-hydrogen) atoms. The molecule has 0 radical (unpaired) electrons. The largest absolute Gasteiger partial charge is 0.399 e. The van der Waals surface area contributed by atoms with E-state index in [0.717, 1.165) is 20.8 Å². The maximum absolute atomic E-state index is 9.92. The van der Waals surface area contributed by atoms with Crippen molar-refractivity contribution in [3.63, 3.8) is 0 Å². The Hall–Kier alpha value is -0.210. The van der Waals surface area contributed by atoms with Gasteiger partial charge in [0.05, 0.1) is 14.2 Å². The molecule has 0 rings (SSSR count). The first-order chi connectivity index (χ1) is 5.89. The van der Waals surface area contributed by atoms with E-state index >= 15 is 0 Å². The fourth-order valence-electron chi connectivity index (χ4n) is 0.363. The molecule has 0 aliphatic rings. The number of hydrogen-bond donors (Lipinski definition) is 2. The van der Waals surface area contributed by atoms with Gasteiger partial charge >= 0.3 is 10.4 Å². The van der Waals surface area contributed by atoms with Crippen molar-refractivity contribution in [1.29, 1.82) is 0 Å². The van der Waals surface area contributed by atoms with Crippen LogP contribution in [0.2, 0.25) is 0 Å². The second kappa shape index (κ2) is 8.39. The van der Waals surface area contributed by atoms with Crippen LogP contribution in [0.1, 0.15) is 13.8 Å². The zero-order chi connectivity index (χ0) is 10.9. The Morgan fingerprint density at radius 2 is 1.77 bits per heavy atom. The van der Waals surface area contributed by atoms with Gasteiger partial charge < -0.3 is 5.11 Å². The second-order valence-electron chi connectivity index (χ2n) is 1.98. The van der Waals surface area contributed by atoms with Crippen molar-refractivity contribution in [1.82, 2.24) is 5.32 Å². The maximum atomic E-state index is 9.92. The van der Waals surface area contributed by atoms with Gasteiger partial charge in [0.1, 0.15) is 6.23 Å². The third kappa shape index (κ3) is 14.6. The summed E-state index contributed by atoms with van der Waals surface area (Å²) in [6.07, 6.45) is -0.352. The van der Waals surface area contributed by atoms with Crippen molar-refractivity contribution < 1.29 is 21.9 Å². The van der Waals surface area contributed by atoms with E-state index in [4.69, 9.17) is 5.11 Å². The fraction of sp³-hybridized carbons (Fsp3) is 1.00. The highest BCUT2D eigenvalue weighted by atomic mass is 32.3. The predicted molar refractivity (Wildman–Crippen MR) is 48.3 cm³/mol. The van der Waals surface area contributed by atoms with Crippen LogP contribution >= 0.6 is 0 Å². The van der Waals surface area contributed by atoms with E-state index in [1.165, 1.54) is 0 Å². The van der Waals surface area contributed by atoms with Crippen molar-refractivity contribution in [3.05, 3.63) is 0 Å². The lowest BCUT2D eigenvalue weighted by Gasteiger charge is -2.00. The number of hydrogen-bond acceptors (Lipinski definition) is 6. The van der Waals surface area contributed by atoms with Gasteiger partial charge in [-0.05, 0) is 13.5 Å². The molecule has 0 saturated carbocycles. The van der Waals surface area contributed by atoms with Crippen molar-refractivity contribution in [2.45, 2.75) is 20.1 Å². The summed E-state index contributed by atoms with van der Waals surface area (Å²) >= 11 is 0. The summed E-state index contributed by atoms with van der Waals surface area (Å²) < 4.78 is 27.5. The number of aliphatic hydroxyl groups is 1. The number of nitrogens with one attached hydrogen (secondary N) is 1. The quantitative estimate of drug-likeness (QED) is 0.613. The Morgan fingerprint density at radius 1 is 1.38 bits per heavy atom. The van der Waals surface area contributed by atoms with Crippen molar-refractivity contribution in [2.75, 3.05) is 20.8 Å². The van der Waals surface area contributed by atoms with E-state index in [2.05, 4.69) is 13.7 Å². The van der Waals surface area contributed by atoms with Crippen LogP contribution in [0.25, 0.3) is 0 Å². The second-order valence-corrected chi connectivity index (χ2v) is 3.46. The molecular formula is C6H17NO5S. The lowest BCUT2D eigenvalue weighted by molar-refractivity contribution is 0.159. The highest BCUT2D eigenvalue weighted by molar-refractivity contribution is 7.81. The van der Waals surface area contributed by atoms with Crippen molar-refractivity contribution >= 4 is 10.4 Å². The van der Waals surface area contributed by atoms with Crippen molar-refractivity contribution in [3.8, 4) is 0 Å². The fourth-order valence-corrected chi connectivity index (χ4v) is 0.500. The average Bonchev–Trinajstić information content (AvgIpc) is 2.05. The Balaban J connectivity index is 0. The van der Waals surface area contributed by atoms with Gasteiger partial charge in [-0.25, -0.2) is 0 Å². The van der Waals surface area contributed by atoms with Crippen LogP contribution in [0.3, 0.4) is 0 Å². The van der Waals surface area contributed by atoms with E-state index in [0.29, 0.717) is 0 Å². The Bertz CT molecular complexity index is 179. The predicted octanol–water partition coefficient (Wildman–Crippen LogP) is -0.542. The van der Waals surface area contributed by atoms with E-state index in [9.17, 15) is 8.42 Å². The summed E-state index contributed by atoms with van der Waals surface area (Å²) in [5.74, 6) is 0. The maximum Gasteiger partial charge on any atom is 0.399 e. The molecule has 0 amide bonds. The summed E-state index contributed by atoms with van der Waals surface area (Å²) in [6.45, 7) is 4.48. The molecule has 0 fully saturated rings. The summed E-state index contributed by atoms with van der Waals surface area (Å²) in [6, 6.07) is 0. The smallest absolute Gasteiger partial charge is 0.379 e. The normalized spacial score (nSPS) is 13.0. The van der Waals surface area contributed by atoms with Gasteiger partial charge in [-0.2, -0.15) is 8.42 Å². The van der Waals surface area contributed by atoms with E-state index in [1.54, 1.807) is 6.92 Å². The summed E-state index contributed by atoms with van der Waals surface area (Å²) in [7, 11) is -1.60. The SMILES string of the molecule is CCNC(C)O.COS(=O)(=O)OC. The van der Waals surface area contributed by atoms with Crippen LogP contribution < -0.4 is 5.32 Å². The number of rotatable bonds is 4. The van der Waals surface area contributed by atoms with Gasteiger partial charge in [0.2, 0.25) is 0 Å². The molecule has 0 aromatic heterocycles. The molecule has 1 unspecified atom stereocenters. The van der Waals surface area contributed by atoms with Crippen LogP contribution in [0.15, 0.2) is 0 Å². The van der Waals surface area contributed by atoms with Crippen LogP contribution in [0.4, 0.5) is 0 Å². The van der Waals surface area contributed by atoms with Crippen LogP contribution in [-0.2, 0) is 18.8 Å². The van der Waals surface area contributed by atoms with Gasteiger partial charge in [0.25, 0.3) is 0 Å². The average molecular weight is 215 g/mol. The molecule has 0 saturated heterocycles. The standard InChI is InChI=1S/C4H11NO.C2H6O4S/c1-3-5-4(2)6;1-5-7(3,4)6-2/h4-6H,3H2,1-2H3;1-2H3. The minimum atomic E-state index is -3.66. The van der Waals surface area contributed by atoms with Gasteiger partial charge in [-0.3, -0.25) is 13.7 Å². The van der Waals surface area contributed by atoms with Crippen LogP contribution in [0, 0.1) is 0 Å². The van der Waals surface area contributed by atoms with Gasteiger partial charge in [0.15, 0.2) is 0 Å². The lowest BCUT2D eigenvalue weighted by atomic mass is 10.6. The minimum absolute atomic E-state index is 0.352.